The van der Waals surface area contributed by atoms with Gasteiger partial charge in [0, 0.05) is 24.4 Å². The average Bonchev–Trinajstić information content (AvgIpc) is 3.09. The molecule has 1 saturated carbocycles. The van der Waals surface area contributed by atoms with Crippen LogP contribution in [0.3, 0.4) is 0 Å². The second kappa shape index (κ2) is 6.64. The minimum atomic E-state index is -0.948. The third-order valence-corrected chi connectivity index (χ3v) is 4.01. The molecule has 21 heavy (non-hydrogen) atoms. The van der Waals surface area contributed by atoms with Crippen LogP contribution in [0.15, 0.2) is 24.3 Å². The Morgan fingerprint density at radius 2 is 1.90 bits per heavy atom. The van der Waals surface area contributed by atoms with E-state index in [1.54, 1.807) is 24.3 Å². The van der Waals surface area contributed by atoms with E-state index >= 15 is 0 Å². The van der Waals surface area contributed by atoms with Crippen molar-refractivity contribution in [3.05, 3.63) is 29.8 Å². The fourth-order valence-electron chi connectivity index (χ4n) is 1.82. The summed E-state index contributed by atoms with van der Waals surface area (Å²) < 4.78 is -0.948. The third-order valence-electron chi connectivity index (χ3n) is 3.18. The van der Waals surface area contributed by atoms with E-state index < -0.39 is 4.33 Å². The van der Waals surface area contributed by atoms with E-state index in [0.717, 1.165) is 0 Å². The molecule has 1 aliphatic rings. The Kier molecular flexibility index (Phi) is 5.08. The van der Waals surface area contributed by atoms with E-state index in [9.17, 15) is 9.59 Å². The summed E-state index contributed by atoms with van der Waals surface area (Å²) in [5.41, 5.74) is 1.07. The Hall–Kier alpha value is -1.30. The Morgan fingerprint density at radius 1 is 1.29 bits per heavy atom. The van der Waals surface area contributed by atoms with Crippen molar-refractivity contribution in [2.24, 2.45) is 5.92 Å². The maximum absolute atomic E-state index is 11.8. The van der Waals surface area contributed by atoms with Crippen molar-refractivity contribution < 1.29 is 14.7 Å². The lowest BCUT2D eigenvalue weighted by atomic mass is 10.2. The van der Waals surface area contributed by atoms with E-state index in [4.69, 9.17) is 28.3 Å². The van der Waals surface area contributed by atoms with Gasteiger partial charge in [0.05, 0.1) is 5.92 Å². The number of carbonyl (C=O) groups excluding carboxylic acids is 2. The highest BCUT2D eigenvalue weighted by Crippen LogP contribution is 2.53. The zero-order chi connectivity index (χ0) is 15.5. The molecular weight excluding hydrogens is 315 g/mol. The number of anilines is 1. The number of hydrogen-bond donors (Lipinski definition) is 3. The van der Waals surface area contributed by atoms with Gasteiger partial charge in [-0.15, -0.1) is 23.2 Å². The van der Waals surface area contributed by atoms with E-state index in [0.29, 0.717) is 30.6 Å². The SMILES string of the molecule is O=C(NCCCO)c1ccc(NC(=O)C2CC2(Cl)Cl)cc1. The first-order valence-corrected chi connectivity index (χ1v) is 7.37. The first-order valence-electron chi connectivity index (χ1n) is 6.62. The largest absolute Gasteiger partial charge is 0.396 e. The summed E-state index contributed by atoms with van der Waals surface area (Å²) in [4.78, 5) is 23.5. The summed E-state index contributed by atoms with van der Waals surface area (Å²) >= 11 is 11.7. The maximum Gasteiger partial charge on any atom is 0.251 e. The van der Waals surface area contributed by atoms with Gasteiger partial charge in [-0.25, -0.2) is 0 Å². The van der Waals surface area contributed by atoms with Crippen molar-refractivity contribution >= 4 is 40.7 Å². The van der Waals surface area contributed by atoms with Crippen LogP contribution >= 0.6 is 23.2 Å². The second-order valence-corrected chi connectivity index (χ2v) is 6.46. The zero-order valence-electron chi connectivity index (χ0n) is 11.2. The molecule has 0 aromatic heterocycles. The van der Waals surface area contributed by atoms with E-state index in [2.05, 4.69) is 10.6 Å². The molecule has 1 fully saturated rings. The number of nitrogens with one attached hydrogen (secondary N) is 2. The molecule has 1 unspecified atom stereocenters. The number of amides is 2. The van der Waals surface area contributed by atoms with Crippen molar-refractivity contribution in [1.29, 1.82) is 0 Å². The summed E-state index contributed by atoms with van der Waals surface area (Å²) in [6, 6.07) is 6.52. The second-order valence-electron chi connectivity index (χ2n) is 4.92. The van der Waals surface area contributed by atoms with Crippen LogP contribution in [0.4, 0.5) is 5.69 Å². The molecule has 114 valence electrons. The predicted octanol–water partition coefficient (Wildman–Crippen LogP) is 1.93. The first kappa shape index (κ1) is 16.1. The first-order chi connectivity index (χ1) is 9.94. The number of aliphatic hydroxyl groups is 1. The number of alkyl halides is 2. The Bertz CT molecular complexity index is 532. The molecule has 0 spiro atoms. The number of aliphatic hydroxyl groups excluding tert-OH is 1. The molecule has 0 bridgehead atoms. The lowest BCUT2D eigenvalue weighted by molar-refractivity contribution is -0.117. The molecule has 2 rings (SSSR count). The molecule has 0 radical (unpaired) electrons. The van der Waals surface area contributed by atoms with Gasteiger partial charge in [-0.2, -0.15) is 0 Å². The molecule has 1 atom stereocenters. The fourth-order valence-corrected chi connectivity index (χ4v) is 2.32. The van der Waals surface area contributed by atoms with Crippen molar-refractivity contribution in [3.63, 3.8) is 0 Å². The Morgan fingerprint density at radius 3 is 2.43 bits per heavy atom. The van der Waals surface area contributed by atoms with E-state index in [1.807, 2.05) is 0 Å². The van der Waals surface area contributed by atoms with Crippen LogP contribution < -0.4 is 10.6 Å². The van der Waals surface area contributed by atoms with E-state index in [-0.39, 0.29) is 24.3 Å². The molecule has 0 saturated heterocycles. The summed E-state index contributed by atoms with van der Waals surface area (Å²) in [5, 5.41) is 14.0. The minimum Gasteiger partial charge on any atom is -0.396 e. The standard InChI is InChI=1S/C14H16Cl2N2O3/c15-14(16)8-11(14)13(21)18-10-4-2-9(3-5-10)12(20)17-6-1-7-19/h2-5,11,19H,1,6-8H2,(H,17,20)(H,18,21). The average molecular weight is 331 g/mol. The summed E-state index contributed by atoms with van der Waals surface area (Å²) in [5.74, 6) is -0.827. The van der Waals surface area contributed by atoms with Crippen LogP contribution in [0.25, 0.3) is 0 Å². The number of benzene rings is 1. The van der Waals surface area contributed by atoms with Gasteiger partial charge in [-0.3, -0.25) is 9.59 Å². The molecule has 3 N–H and O–H groups in total. The van der Waals surface area contributed by atoms with Gasteiger partial charge in [0.2, 0.25) is 5.91 Å². The van der Waals surface area contributed by atoms with Crippen molar-refractivity contribution in [2.45, 2.75) is 17.2 Å². The molecule has 1 aromatic carbocycles. The lowest BCUT2D eigenvalue weighted by Gasteiger charge is -2.07. The number of halogens is 2. The van der Waals surface area contributed by atoms with Gasteiger partial charge in [0.15, 0.2) is 0 Å². The van der Waals surface area contributed by atoms with Gasteiger partial charge >= 0.3 is 0 Å². The third kappa shape index (κ3) is 4.33. The summed E-state index contributed by atoms with van der Waals surface area (Å²) in [6.45, 7) is 0.456. The Labute approximate surface area is 132 Å². The smallest absolute Gasteiger partial charge is 0.251 e. The summed E-state index contributed by atoms with van der Waals surface area (Å²) in [7, 11) is 0. The molecule has 5 nitrogen and oxygen atoms in total. The predicted molar refractivity (Wildman–Crippen MR) is 81.7 cm³/mol. The van der Waals surface area contributed by atoms with Gasteiger partial charge in [0.1, 0.15) is 4.33 Å². The Balaban J connectivity index is 1.87. The molecular formula is C14H16Cl2N2O3. The van der Waals surface area contributed by atoms with Crippen molar-refractivity contribution in [2.75, 3.05) is 18.5 Å². The van der Waals surface area contributed by atoms with Crippen LogP contribution in [0.2, 0.25) is 0 Å². The molecule has 0 aliphatic heterocycles. The highest BCUT2D eigenvalue weighted by atomic mass is 35.5. The van der Waals surface area contributed by atoms with Gasteiger partial charge in [0.25, 0.3) is 5.91 Å². The van der Waals surface area contributed by atoms with E-state index in [1.165, 1.54) is 0 Å². The topological polar surface area (TPSA) is 78.4 Å². The zero-order valence-corrected chi connectivity index (χ0v) is 12.7. The number of carbonyl (C=O) groups is 2. The van der Waals surface area contributed by atoms with Crippen LogP contribution in [0, 0.1) is 5.92 Å². The van der Waals surface area contributed by atoms with Crippen LogP contribution in [0.5, 0.6) is 0 Å². The summed E-state index contributed by atoms with van der Waals surface area (Å²) in [6.07, 6.45) is 0.965. The van der Waals surface area contributed by atoms with Crippen molar-refractivity contribution in [1.82, 2.24) is 5.32 Å². The van der Waals surface area contributed by atoms with Crippen LogP contribution in [0.1, 0.15) is 23.2 Å². The molecule has 1 aliphatic carbocycles. The highest BCUT2D eigenvalue weighted by Gasteiger charge is 2.56. The molecule has 1 aromatic rings. The number of rotatable bonds is 6. The molecule has 7 heteroatoms. The van der Waals surface area contributed by atoms with Gasteiger partial charge in [-0.05, 0) is 37.1 Å². The molecule has 0 heterocycles. The monoisotopic (exact) mass is 330 g/mol. The normalized spacial score (nSPS) is 18.9. The van der Waals surface area contributed by atoms with Crippen molar-refractivity contribution in [3.8, 4) is 0 Å². The highest BCUT2D eigenvalue weighted by molar-refractivity contribution is 6.52. The maximum atomic E-state index is 11.8. The minimum absolute atomic E-state index is 0.0368. The lowest BCUT2D eigenvalue weighted by Crippen LogP contribution is -2.25. The van der Waals surface area contributed by atoms with Crippen LogP contribution in [-0.4, -0.2) is 34.4 Å². The fraction of sp³-hybridized carbons (Fsp3) is 0.429. The van der Waals surface area contributed by atoms with Gasteiger partial charge < -0.3 is 15.7 Å². The quantitative estimate of drug-likeness (QED) is 0.551. The number of hydrogen-bond acceptors (Lipinski definition) is 3. The molecule has 2 amide bonds. The van der Waals surface area contributed by atoms with Gasteiger partial charge in [-0.1, -0.05) is 0 Å². The van der Waals surface area contributed by atoms with Crippen LogP contribution in [-0.2, 0) is 4.79 Å².